The number of benzene rings is 2. The van der Waals surface area contributed by atoms with E-state index in [0.717, 1.165) is 11.6 Å². The molecule has 0 spiro atoms. The zero-order chi connectivity index (χ0) is 18.7. The number of alkyl halides is 3. The maximum absolute atomic E-state index is 13.1. The van der Waals surface area contributed by atoms with E-state index in [9.17, 15) is 18.0 Å². The lowest BCUT2D eigenvalue weighted by Gasteiger charge is -2.19. The number of thiazole rings is 1. The van der Waals surface area contributed by atoms with Crippen molar-refractivity contribution in [3.63, 3.8) is 0 Å². The van der Waals surface area contributed by atoms with Gasteiger partial charge in [-0.1, -0.05) is 48.5 Å². The predicted molar refractivity (Wildman–Crippen MR) is 94.8 cm³/mol. The third-order valence-corrected chi connectivity index (χ3v) is 4.71. The van der Waals surface area contributed by atoms with Gasteiger partial charge in [-0.2, -0.15) is 13.2 Å². The van der Waals surface area contributed by atoms with E-state index >= 15 is 0 Å². The second kappa shape index (κ2) is 7.29. The van der Waals surface area contributed by atoms with Crippen molar-refractivity contribution in [2.24, 2.45) is 0 Å². The van der Waals surface area contributed by atoms with E-state index in [4.69, 9.17) is 0 Å². The standard InChI is InChI=1S/C19H15F3N2OS/c1-24(11-14-9-5-6-10-15(14)19(20,21)22)18(25)16-12-26-17(23-16)13-7-3-2-4-8-13/h2-10,12H,11H2,1H3. The first-order valence-electron chi connectivity index (χ1n) is 7.78. The molecule has 3 aromatic rings. The quantitative estimate of drug-likeness (QED) is 0.635. The van der Waals surface area contributed by atoms with Crippen LogP contribution in [0.5, 0.6) is 0 Å². The van der Waals surface area contributed by atoms with E-state index in [1.807, 2.05) is 30.3 Å². The Balaban J connectivity index is 1.79. The Labute approximate surface area is 152 Å². The Morgan fingerprint density at radius 3 is 2.42 bits per heavy atom. The van der Waals surface area contributed by atoms with Gasteiger partial charge in [0, 0.05) is 24.5 Å². The van der Waals surface area contributed by atoms with Crippen molar-refractivity contribution in [1.29, 1.82) is 0 Å². The van der Waals surface area contributed by atoms with Crippen LogP contribution >= 0.6 is 11.3 Å². The topological polar surface area (TPSA) is 33.2 Å². The van der Waals surface area contributed by atoms with Crippen LogP contribution in [0.3, 0.4) is 0 Å². The van der Waals surface area contributed by atoms with Crippen LogP contribution in [0.15, 0.2) is 60.0 Å². The van der Waals surface area contributed by atoms with Crippen LogP contribution in [0.2, 0.25) is 0 Å². The first-order valence-corrected chi connectivity index (χ1v) is 8.66. The van der Waals surface area contributed by atoms with Gasteiger partial charge in [-0.3, -0.25) is 4.79 Å². The first-order chi connectivity index (χ1) is 12.4. The molecule has 0 saturated heterocycles. The highest BCUT2D eigenvalue weighted by Crippen LogP contribution is 2.32. The molecule has 0 saturated carbocycles. The second-order valence-corrected chi connectivity index (χ2v) is 6.58. The molecule has 134 valence electrons. The van der Waals surface area contributed by atoms with Crippen molar-refractivity contribution in [1.82, 2.24) is 9.88 Å². The molecule has 3 nitrogen and oxygen atoms in total. The summed E-state index contributed by atoms with van der Waals surface area (Å²) in [6.07, 6.45) is -4.46. The molecule has 0 atom stereocenters. The molecule has 1 aromatic heterocycles. The molecule has 0 unspecified atom stereocenters. The molecule has 0 aliphatic carbocycles. The molecule has 1 heterocycles. The summed E-state index contributed by atoms with van der Waals surface area (Å²) in [5.41, 5.74) is 0.430. The minimum absolute atomic E-state index is 0.0503. The summed E-state index contributed by atoms with van der Waals surface area (Å²) in [5, 5.41) is 2.31. The van der Waals surface area contributed by atoms with Crippen molar-refractivity contribution in [3.8, 4) is 10.6 Å². The Morgan fingerprint density at radius 2 is 1.73 bits per heavy atom. The summed E-state index contributed by atoms with van der Waals surface area (Å²) < 4.78 is 39.3. The van der Waals surface area contributed by atoms with Crippen molar-refractivity contribution in [2.45, 2.75) is 12.7 Å². The summed E-state index contributed by atoms with van der Waals surface area (Å²) >= 11 is 1.32. The number of hydrogen-bond acceptors (Lipinski definition) is 3. The fraction of sp³-hybridized carbons (Fsp3) is 0.158. The fourth-order valence-electron chi connectivity index (χ4n) is 2.54. The molecular weight excluding hydrogens is 361 g/mol. The number of carbonyl (C=O) groups excluding carboxylic acids is 1. The summed E-state index contributed by atoms with van der Waals surface area (Å²) in [5.74, 6) is -0.416. The van der Waals surface area contributed by atoms with Crippen LogP contribution in [-0.4, -0.2) is 22.8 Å². The number of carbonyl (C=O) groups is 1. The molecule has 26 heavy (non-hydrogen) atoms. The molecule has 0 radical (unpaired) electrons. The van der Waals surface area contributed by atoms with Crippen molar-refractivity contribution >= 4 is 17.2 Å². The van der Waals surface area contributed by atoms with Gasteiger partial charge in [-0.05, 0) is 11.6 Å². The maximum Gasteiger partial charge on any atom is 0.416 e. The zero-order valence-corrected chi connectivity index (χ0v) is 14.6. The van der Waals surface area contributed by atoms with Crippen LogP contribution in [0.4, 0.5) is 13.2 Å². The second-order valence-electron chi connectivity index (χ2n) is 5.72. The predicted octanol–water partition coefficient (Wildman–Crippen LogP) is 5.10. The monoisotopic (exact) mass is 376 g/mol. The molecule has 0 bridgehead atoms. The van der Waals surface area contributed by atoms with Gasteiger partial charge in [0.05, 0.1) is 5.56 Å². The van der Waals surface area contributed by atoms with Gasteiger partial charge in [-0.15, -0.1) is 11.3 Å². The average molecular weight is 376 g/mol. The highest BCUT2D eigenvalue weighted by atomic mass is 32.1. The molecule has 0 N–H and O–H groups in total. The Morgan fingerprint density at radius 1 is 1.08 bits per heavy atom. The molecule has 0 aliphatic heterocycles. The van der Waals surface area contributed by atoms with Gasteiger partial charge in [0.25, 0.3) is 5.91 Å². The van der Waals surface area contributed by atoms with Crippen LogP contribution in [-0.2, 0) is 12.7 Å². The zero-order valence-electron chi connectivity index (χ0n) is 13.8. The summed E-state index contributed by atoms with van der Waals surface area (Å²) in [6, 6.07) is 14.7. The number of hydrogen-bond donors (Lipinski definition) is 0. The van der Waals surface area contributed by atoms with E-state index in [1.54, 1.807) is 5.38 Å². The van der Waals surface area contributed by atoms with Crippen molar-refractivity contribution < 1.29 is 18.0 Å². The molecule has 1 amide bonds. The van der Waals surface area contributed by atoms with Gasteiger partial charge in [-0.25, -0.2) is 4.98 Å². The molecular formula is C19H15F3N2OS. The minimum atomic E-state index is -4.46. The van der Waals surface area contributed by atoms with E-state index in [1.165, 1.54) is 41.5 Å². The molecule has 7 heteroatoms. The average Bonchev–Trinajstić information content (AvgIpc) is 3.11. The van der Waals surface area contributed by atoms with Gasteiger partial charge in [0.2, 0.25) is 0 Å². The first kappa shape index (κ1) is 18.1. The van der Waals surface area contributed by atoms with Gasteiger partial charge in [0.15, 0.2) is 0 Å². The SMILES string of the molecule is CN(Cc1ccccc1C(F)(F)F)C(=O)c1csc(-c2ccccc2)n1. The molecule has 0 aliphatic rings. The van der Waals surface area contributed by atoms with E-state index in [-0.39, 0.29) is 17.8 Å². The lowest BCUT2D eigenvalue weighted by molar-refractivity contribution is -0.138. The largest absolute Gasteiger partial charge is 0.416 e. The lowest BCUT2D eigenvalue weighted by atomic mass is 10.1. The van der Waals surface area contributed by atoms with E-state index in [0.29, 0.717) is 5.01 Å². The summed E-state index contributed by atoms with van der Waals surface area (Å²) in [4.78, 5) is 18.1. The Kier molecular flexibility index (Phi) is 5.08. The summed E-state index contributed by atoms with van der Waals surface area (Å²) in [7, 11) is 1.47. The summed E-state index contributed by atoms with van der Waals surface area (Å²) in [6.45, 7) is -0.146. The van der Waals surface area contributed by atoms with Gasteiger partial charge < -0.3 is 4.90 Å². The van der Waals surface area contributed by atoms with E-state index < -0.39 is 17.6 Å². The van der Waals surface area contributed by atoms with Crippen LogP contribution in [0.1, 0.15) is 21.6 Å². The fourth-order valence-corrected chi connectivity index (χ4v) is 3.34. The molecule has 3 rings (SSSR count). The third-order valence-electron chi connectivity index (χ3n) is 3.82. The van der Waals surface area contributed by atoms with Crippen molar-refractivity contribution in [2.75, 3.05) is 7.05 Å². The van der Waals surface area contributed by atoms with Crippen LogP contribution in [0.25, 0.3) is 10.6 Å². The van der Waals surface area contributed by atoms with Crippen molar-refractivity contribution in [3.05, 3.63) is 76.8 Å². The number of nitrogens with zero attached hydrogens (tertiary/aromatic N) is 2. The number of halogens is 3. The normalized spacial score (nSPS) is 11.4. The van der Waals surface area contributed by atoms with E-state index in [2.05, 4.69) is 4.98 Å². The van der Waals surface area contributed by atoms with Crippen LogP contribution in [0, 0.1) is 0 Å². The Bertz CT molecular complexity index is 906. The van der Waals surface area contributed by atoms with Gasteiger partial charge >= 0.3 is 6.18 Å². The highest BCUT2D eigenvalue weighted by molar-refractivity contribution is 7.13. The lowest BCUT2D eigenvalue weighted by Crippen LogP contribution is -2.27. The highest BCUT2D eigenvalue weighted by Gasteiger charge is 2.33. The smallest absolute Gasteiger partial charge is 0.336 e. The third kappa shape index (κ3) is 3.94. The number of rotatable bonds is 4. The molecule has 2 aromatic carbocycles. The Hall–Kier alpha value is -2.67. The number of amides is 1. The molecule has 0 fully saturated rings. The minimum Gasteiger partial charge on any atom is -0.336 e. The van der Waals surface area contributed by atoms with Gasteiger partial charge in [0.1, 0.15) is 10.7 Å². The number of aromatic nitrogens is 1. The van der Waals surface area contributed by atoms with Crippen LogP contribution < -0.4 is 0 Å². The maximum atomic E-state index is 13.1.